The Bertz CT molecular complexity index is 688. The first kappa shape index (κ1) is 17.3. The third-order valence-electron chi connectivity index (χ3n) is 4.03. The molecule has 0 aromatic heterocycles. The summed E-state index contributed by atoms with van der Waals surface area (Å²) in [6.45, 7) is 3.41. The standard InChI is InChI=1S/C18H19FN2O.ClH/c1-2-21(14-10-8-13(19)9-11-14)18(22)16-5-3-7-17-15(16)6-4-12-20-17;/h3,5,7-11,20H,2,4,6,12H2,1H3;1H. The van der Waals surface area contributed by atoms with E-state index in [2.05, 4.69) is 5.32 Å². The lowest BCUT2D eigenvalue weighted by Gasteiger charge is -2.25. The van der Waals surface area contributed by atoms with Gasteiger partial charge in [0.2, 0.25) is 0 Å². The summed E-state index contributed by atoms with van der Waals surface area (Å²) in [5, 5.41) is 3.34. The smallest absolute Gasteiger partial charge is 0.258 e. The van der Waals surface area contributed by atoms with E-state index in [1.807, 2.05) is 25.1 Å². The largest absolute Gasteiger partial charge is 0.385 e. The Morgan fingerprint density at radius 1 is 1.22 bits per heavy atom. The highest BCUT2D eigenvalue weighted by molar-refractivity contribution is 6.07. The van der Waals surface area contributed by atoms with E-state index in [9.17, 15) is 9.18 Å². The lowest BCUT2D eigenvalue weighted by molar-refractivity contribution is 0.0987. The normalized spacial score (nSPS) is 12.6. The molecule has 0 bridgehead atoms. The van der Waals surface area contributed by atoms with Crippen molar-refractivity contribution in [1.82, 2.24) is 0 Å². The predicted octanol–water partition coefficient (Wildman–Crippen LogP) is 4.27. The number of halogens is 2. The van der Waals surface area contributed by atoms with Crippen LogP contribution in [0.5, 0.6) is 0 Å². The van der Waals surface area contributed by atoms with Crippen LogP contribution in [0.2, 0.25) is 0 Å². The first-order valence-corrected chi connectivity index (χ1v) is 7.64. The van der Waals surface area contributed by atoms with Crippen LogP contribution in [0, 0.1) is 5.82 Å². The van der Waals surface area contributed by atoms with Crippen LogP contribution in [0.25, 0.3) is 0 Å². The summed E-state index contributed by atoms with van der Waals surface area (Å²) in [5.74, 6) is -0.330. The van der Waals surface area contributed by atoms with Gasteiger partial charge in [-0.25, -0.2) is 4.39 Å². The summed E-state index contributed by atoms with van der Waals surface area (Å²) in [4.78, 5) is 14.6. The number of benzene rings is 2. The average molecular weight is 335 g/mol. The molecule has 0 saturated heterocycles. The first-order chi connectivity index (χ1) is 10.7. The molecule has 0 fully saturated rings. The molecule has 1 aliphatic heterocycles. The highest BCUT2D eigenvalue weighted by Crippen LogP contribution is 2.27. The quantitative estimate of drug-likeness (QED) is 0.909. The van der Waals surface area contributed by atoms with Gasteiger partial charge in [-0.15, -0.1) is 12.4 Å². The molecule has 5 heteroatoms. The van der Waals surface area contributed by atoms with Gasteiger partial charge in [0.1, 0.15) is 5.82 Å². The van der Waals surface area contributed by atoms with E-state index in [4.69, 9.17) is 0 Å². The molecule has 0 saturated carbocycles. The molecule has 0 spiro atoms. The minimum atomic E-state index is -0.298. The number of fused-ring (bicyclic) bond motifs is 1. The van der Waals surface area contributed by atoms with Crippen molar-refractivity contribution in [1.29, 1.82) is 0 Å². The second kappa shape index (κ2) is 7.47. The summed E-state index contributed by atoms with van der Waals surface area (Å²) in [6, 6.07) is 11.8. The minimum Gasteiger partial charge on any atom is -0.385 e. The SMILES string of the molecule is CCN(C(=O)c1cccc2c1CCCN2)c1ccc(F)cc1.Cl. The maximum Gasteiger partial charge on any atom is 0.258 e. The Labute approximate surface area is 141 Å². The number of amides is 1. The van der Waals surface area contributed by atoms with Gasteiger partial charge in [-0.3, -0.25) is 4.79 Å². The molecular formula is C18H20ClFN2O. The zero-order chi connectivity index (χ0) is 15.5. The Morgan fingerprint density at radius 3 is 2.65 bits per heavy atom. The maximum absolute atomic E-state index is 13.1. The molecule has 1 aliphatic rings. The Morgan fingerprint density at radius 2 is 1.96 bits per heavy atom. The highest BCUT2D eigenvalue weighted by Gasteiger charge is 2.22. The summed E-state index contributed by atoms with van der Waals surface area (Å²) in [6.07, 6.45) is 1.94. The van der Waals surface area contributed by atoms with Gasteiger partial charge in [-0.05, 0) is 61.7 Å². The number of carbonyl (C=O) groups excluding carboxylic acids is 1. The van der Waals surface area contributed by atoms with Crippen LogP contribution in [0.3, 0.4) is 0 Å². The van der Waals surface area contributed by atoms with E-state index in [0.717, 1.165) is 41.9 Å². The second-order valence-corrected chi connectivity index (χ2v) is 5.39. The number of hydrogen-bond donors (Lipinski definition) is 1. The van der Waals surface area contributed by atoms with E-state index in [1.54, 1.807) is 17.0 Å². The van der Waals surface area contributed by atoms with Crippen LogP contribution in [0.1, 0.15) is 29.3 Å². The van der Waals surface area contributed by atoms with Crippen molar-refractivity contribution in [2.45, 2.75) is 19.8 Å². The van der Waals surface area contributed by atoms with Crippen molar-refractivity contribution in [3.8, 4) is 0 Å². The van der Waals surface area contributed by atoms with E-state index in [-0.39, 0.29) is 24.1 Å². The molecule has 122 valence electrons. The van der Waals surface area contributed by atoms with E-state index < -0.39 is 0 Å². The van der Waals surface area contributed by atoms with Gasteiger partial charge in [0, 0.05) is 30.0 Å². The molecule has 0 aliphatic carbocycles. The van der Waals surface area contributed by atoms with Crippen LogP contribution >= 0.6 is 12.4 Å². The monoisotopic (exact) mass is 334 g/mol. The van der Waals surface area contributed by atoms with Crippen LogP contribution in [-0.2, 0) is 6.42 Å². The summed E-state index contributed by atoms with van der Waals surface area (Å²) < 4.78 is 13.1. The van der Waals surface area contributed by atoms with E-state index in [1.165, 1.54) is 12.1 Å². The van der Waals surface area contributed by atoms with Crippen molar-refractivity contribution in [2.75, 3.05) is 23.3 Å². The Hall–Kier alpha value is -2.07. The molecule has 1 heterocycles. The van der Waals surface area contributed by atoms with Gasteiger partial charge in [-0.2, -0.15) is 0 Å². The molecule has 1 N–H and O–H groups in total. The van der Waals surface area contributed by atoms with Gasteiger partial charge in [0.05, 0.1) is 0 Å². The predicted molar refractivity (Wildman–Crippen MR) is 94.3 cm³/mol. The number of carbonyl (C=O) groups is 1. The fourth-order valence-electron chi connectivity index (χ4n) is 2.92. The summed E-state index contributed by atoms with van der Waals surface area (Å²) >= 11 is 0. The minimum absolute atomic E-state index is 0. The van der Waals surface area contributed by atoms with Crippen molar-refractivity contribution in [2.24, 2.45) is 0 Å². The number of nitrogens with zero attached hydrogens (tertiary/aromatic N) is 1. The van der Waals surface area contributed by atoms with Crippen molar-refractivity contribution in [3.63, 3.8) is 0 Å². The Kier molecular flexibility index (Phi) is 5.61. The fourth-order valence-corrected chi connectivity index (χ4v) is 2.92. The lowest BCUT2D eigenvalue weighted by Crippen LogP contribution is -2.32. The molecule has 23 heavy (non-hydrogen) atoms. The number of anilines is 2. The first-order valence-electron chi connectivity index (χ1n) is 7.64. The van der Waals surface area contributed by atoms with Gasteiger partial charge >= 0.3 is 0 Å². The van der Waals surface area contributed by atoms with Crippen molar-refractivity contribution >= 4 is 29.7 Å². The van der Waals surface area contributed by atoms with Gasteiger partial charge in [0.25, 0.3) is 5.91 Å². The number of rotatable bonds is 3. The van der Waals surface area contributed by atoms with E-state index >= 15 is 0 Å². The fraction of sp³-hybridized carbons (Fsp3) is 0.278. The van der Waals surface area contributed by atoms with Crippen LogP contribution in [0.4, 0.5) is 15.8 Å². The zero-order valence-electron chi connectivity index (χ0n) is 13.0. The molecular weight excluding hydrogens is 315 g/mol. The molecule has 0 atom stereocenters. The third-order valence-corrected chi connectivity index (χ3v) is 4.03. The average Bonchev–Trinajstić information content (AvgIpc) is 2.56. The molecule has 3 nitrogen and oxygen atoms in total. The Balaban J connectivity index is 0.00000192. The van der Waals surface area contributed by atoms with E-state index in [0.29, 0.717) is 6.54 Å². The number of nitrogens with one attached hydrogen (secondary N) is 1. The highest BCUT2D eigenvalue weighted by atomic mass is 35.5. The molecule has 0 unspecified atom stereocenters. The van der Waals surface area contributed by atoms with Crippen LogP contribution in [-0.4, -0.2) is 19.0 Å². The van der Waals surface area contributed by atoms with Gasteiger partial charge < -0.3 is 10.2 Å². The zero-order valence-corrected chi connectivity index (χ0v) is 13.8. The molecule has 3 rings (SSSR count). The number of hydrogen-bond acceptors (Lipinski definition) is 2. The molecule has 2 aromatic carbocycles. The van der Waals surface area contributed by atoms with Crippen LogP contribution < -0.4 is 10.2 Å². The van der Waals surface area contributed by atoms with Crippen molar-refractivity contribution in [3.05, 3.63) is 59.4 Å². The van der Waals surface area contributed by atoms with Crippen LogP contribution in [0.15, 0.2) is 42.5 Å². The summed E-state index contributed by atoms with van der Waals surface area (Å²) in [7, 11) is 0. The topological polar surface area (TPSA) is 32.3 Å². The lowest BCUT2D eigenvalue weighted by atomic mass is 9.96. The van der Waals surface area contributed by atoms with Gasteiger partial charge in [-0.1, -0.05) is 6.07 Å². The summed E-state index contributed by atoms with van der Waals surface area (Å²) in [5.41, 5.74) is 3.58. The molecule has 2 aromatic rings. The second-order valence-electron chi connectivity index (χ2n) is 5.39. The van der Waals surface area contributed by atoms with Crippen molar-refractivity contribution < 1.29 is 9.18 Å². The third kappa shape index (κ3) is 3.48. The van der Waals surface area contributed by atoms with Gasteiger partial charge in [0.15, 0.2) is 0 Å². The maximum atomic E-state index is 13.1. The molecule has 0 radical (unpaired) electrons. The molecule has 1 amide bonds.